The van der Waals surface area contributed by atoms with Crippen LogP contribution in [0.3, 0.4) is 0 Å². The Morgan fingerprint density at radius 1 is 1.25 bits per heavy atom. The van der Waals surface area contributed by atoms with Gasteiger partial charge in [-0.2, -0.15) is 0 Å². The smallest absolute Gasteiger partial charge is 0.0558 e. The molecule has 1 atom stereocenters. The van der Waals surface area contributed by atoms with E-state index in [0.29, 0.717) is 6.61 Å². The maximum absolute atomic E-state index is 9.17. The molecule has 2 nitrogen and oxygen atoms in total. The van der Waals surface area contributed by atoms with Gasteiger partial charge in [0.05, 0.1) is 6.61 Å². The highest BCUT2D eigenvalue weighted by molar-refractivity contribution is 4.77. The maximum atomic E-state index is 9.17. The summed E-state index contributed by atoms with van der Waals surface area (Å²) in [4.78, 5) is 2.54. The number of hydrogen-bond donors (Lipinski definition) is 1. The van der Waals surface area contributed by atoms with Crippen LogP contribution in [-0.4, -0.2) is 35.7 Å². The predicted octanol–water partition coefficient (Wildman–Crippen LogP) is 3.05. The quantitative estimate of drug-likeness (QED) is 0.722. The Kier molecular flexibility index (Phi) is 7.06. The van der Waals surface area contributed by atoms with Crippen molar-refractivity contribution in [1.82, 2.24) is 4.90 Å². The highest BCUT2D eigenvalue weighted by atomic mass is 16.3. The zero-order chi connectivity index (χ0) is 11.8. The van der Waals surface area contributed by atoms with Gasteiger partial charge in [0.15, 0.2) is 0 Å². The summed E-state index contributed by atoms with van der Waals surface area (Å²) >= 11 is 0. The highest BCUT2D eigenvalue weighted by Gasteiger charge is 2.21. The van der Waals surface area contributed by atoms with Crippen molar-refractivity contribution in [3.05, 3.63) is 0 Å². The zero-order valence-electron chi connectivity index (χ0n) is 11.1. The molecule has 1 N–H and O–H groups in total. The van der Waals surface area contributed by atoms with Crippen LogP contribution in [0.25, 0.3) is 0 Å². The Morgan fingerprint density at radius 3 is 2.50 bits per heavy atom. The third-order valence-corrected chi connectivity index (χ3v) is 3.81. The summed E-state index contributed by atoms with van der Waals surface area (Å²) in [5.74, 6) is 0.776. The normalized spacial score (nSPS) is 20.2. The van der Waals surface area contributed by atoms with Crippen LogP contribution in [0.4, 0.5) is 0 Å². The van der Waals surface area contributed by atoms with Gasteiger partial charge in [-0.05, 0) is 25.2 Å². The summed E-state index contributed by atoms with van der Waals surface area (Å²) in [6, 6.07) is 0.750. The molecule has 0 bridgehead atoms. The van der Waals surface area contributed by atoms with Gasteiger partial charge in [-0.15, -0.1) is 0 Å². The Labute approximate surface area is 101 Å². The van der Waals surface area contributed by atoms with Gasteiger partial charge in [-0.3, -0.25) is 4.90 Å². The summed E-state index contributed by atoms with van der Waals surface area (Å²) in [5, 5.41) is 9.17. The number of aliphatic hydroxyl groups excluding tert-OH is 1. The van der Waals surface area contributed by atoms with E-state index in [1.165, 1.54) is 51.5 Å². The monoisotopic (exact) mass is 227 g/mol. The van der Waals surface area contributed by atoms with Gasteiger partial charge in [0.2, 0.25) is 0 Å². The van der Waals surface area contributed by atoms with Crippen LogP contribution in [0.1, 0.15) is 58.8 Å². The molecule has 16 heavy (non-hydrogen) atoms. The molecule has 0 amide bonds. The maximum Gasteiger partial charge on any atom is 0.0558 e. The first kappa shape index (κ1) is 14.0. The van der Waals surface area contributed by atoms with E-state index in [9.17, 15) is 0 Å². The minimum absolute atomic E-state index is 0.315. The van der Waals surface area contributed by atoms with Gasteiger partial charge in [0.25, 0.3) is 0 Å². The second-order valence-electron chi connectivity index (χ2n) is 5.40. The average molecular weight is 227 g/mol. The van der Waals surface area contributed by atoms with Crippen LogP contribution in [-0.2, 0) is 0 Å². The van der Waals surface area contributed by atoms with Crippen molar-refractivity contribution in [3.63, 3.8) is 0 Å². The van der Waals surface area contributed by atoms with E-state index in [1.54, 1.807) is 0 Å². The van der Waals surface area contributed by atoms with Gasteiger partial charge >= 0.3 is 0 Å². The predicted molar refractivity (Wildman–Crippen MR) is 69.6 cm³/mol. The second-order valence-corrected chi connectivity index (χ2v) is 5.40. The van der Waals surface area contributed by atoms with Crippen molar-refractivity contribution in [1.29, 1.82) is 0 Å². The first-order valence-corrected chi connectivity index (χ1v) is 7.12. The lowest BCUT2D eigenvalue weighted by atomic mass is 9.93. The van der Waals surface area contributed by atoms with E-state index >= 15 is 0 Å². The second kappa shape index (κ2) is 8.08. The van der Waals surface area contributed by atoms with Gasteiger partial charge < -0.3 is 5.11 Å². The molecule has 1 saturated carbocycles. The number of hydrogen-bond acceptors (Lipinski definition) is 2. The molecule has 0 radical (unpaired) electrons. The van der Waals surface area contributed by atoms with Crippen LogP contribution in [0.2, 0.25) is 0 Å². The Bertz CT molecular complexity index is 166. The first-order chi connectivity index (χ1) is 7.77. The van der Waals surface area contributed by atoms with Crippen molar-refractivity contribution in [2.45, 2.75) is 64.8 Å². The average Bonchev–Trinajstić information content (AvgIpc) is 2.30. The molecule has 0 aromatic rings. The molecular formula is C14H29NO. The summed E-state index contributed by atoms with van der Waals surface area (Å²) in [5.41, 5.74) is 0. The minimum atomic E-state index is 0.315. The Morgan fingerprint density at radius 2 is 1.94 bits per heavy atom. The molecule has 0 spiro atoms. The fraction of sp³-hybridized carbons (Fsp3) is 1.00. The molecule has 0 aliphatic heterocycles. The first-order valence-electron chi connectivity index (χ1n) is 7.12. The van der Waals surface area contributed by atoms with Crippen molar-refractivity contribution in [2.75, 3.05) is 19.7 Å². The summed E-state index contributed by atoms with van der Waals surface area (Å²) in [6.07, 6.45) is 9.46. The molecule has 0 heterocycles. The third kappa shape index (κ3) is 4.84. The summed E-state index contributed by atoms with van der Waals surface area (Å²) in [6.45, 7) is 6.97. The molecule has 1 aliphatic rings. The molecule has 2 heteroatoms. The lowest BCUT2D eigenvalue weighted by molar-refractivity contribution is 0.107. The molecule has 1 unspecified atom stereocenters. The molecule has 96 valence electrons. The van der Waals surface area contributed by atoms with E-state index < -0.39 is 0 Å². The van der Waals surface area contributed by atoms with Crippen LogP contribution in [0.5, 0.6) is 0 Å². The lowest BCUT2D eigenvalue weighted by Gasteiger charge is -2.35. The SMILES string of the molecule is CCCC(C)CN(CCO)C1CCCCC1. The van der Waals surface area contributed by atoms with Gasteiger partial charge in [-0.1, -0.05) is 39.5 Å². The van der Waals surface area contributed by atoms with E-state index in [0.717, 1.165) is 18.5 Å². The molecule has 0 saturated heterocycles. The van der Waals surface area contributed by atoms with E-state index in [2.05, 4.69) is 18.7 Å². The van der Waals surface area contributed by atoms with E-state index in [-0.39, 0.29) is 0 Å². The molecule has 0 aromatic heterocycles. The zero-order valence-corrected chi connectivity index (χ0v) is 11.1. The fourth-order valence-corrected chi connectivity index (χ4v) is 2.98. The van der Waals surface area contributed by atoms with Crippen molar-refractivity contribution in [2.24, 2.45) is 5.92 Å². The molecule has 1 fully saturated rings. The number of aliphatic hydroxyl groups is 1. The highest BCUT2D eigenvalue weighted by Crippen LogP contribution is 2.23. The third-order valence-electron chi connectivity index (χ3n) is 3.81. The Hall–Kier alpha value is -0.0800. The lowest BCUT2D eigenvalue weighted by Crippen LogP contribution is -2.41. The molecule has 1 rings (SSSR count). The van der Waals surface area contributed by atoms with Gasteiger partial charge in [-0.25, -0.2) is 0 Å². The largest absolute Gasteiger partial charge is 0.395 e. The van der Waals surface area contributed by atoms with E-state index in [4.69, 9.17) is 5.11 Å². The number of nitrogens with zero attached hydrogens (tertiary/aromatic N) is 1. The van der Waals surface area contributed by atoms with Crippen molar-refractivity contribution >= 4 is 0 Å². The molecule has 1 aliphatic carbocycles. The van der Waals surface area contributed by atoms with Gasteiger partial charge in [0.1, 0.15) is 0 Å². The fourth-order valence-electron chi connectivity index (χ4n) is 2.98. The van der Waals surface area contributed by atoms with Crippen LogP contribution in [0, 0.1) is 5.92 Å². The van der Waals surface area contributed by atoms with Crippen LogP contribution >= 0.6 is 0 Å². The summed E-state index contributed by atoms with van der Waals surface area (Å²) < 4.78 is 0. The number of rotatable bonds is 7. The standard InChI is InChI=1S/C14H29NO/c1-3-7-13(2)12-15(10-11-16)14-8-5-4-6-9-14/h13-14,16H,3-12H2,1-2H3. The topological polar surface area (TPSA) is 23.5 Å². The van der Waals surface area contributed by atoms with Crippen molar-refractivity contribution in [3.8, 4) is 0 Å². The van der Waals surface area contributed by atoms with Crippen molar-refractivity contribution < 1.29 is 5.11 Å². The van der Waals surface area contributed by atoms with Crippen LogP contribution < -0.4 is 0 Å². The molecular weight excluding hydrogens is 198 g/mol. The molecule has 0 aromatic carbocycles. The van der Waals surface area contributed by atoms with Gasteiger partial charge in [0, 0.05) is 19.1 Å². The Balaban J connectivity index is 2.38. The van der Waals surface area contributed by atoms with Crippen LogP contribution in [0.15, 0.2) is 0 Å². The van der Waals surface area contributed by atoms with E-state index in [1.807, 2.05) is 0 Å². The summed E-state index contributed by atoms with van der Waals surface area (Å²) in [7, 11) is 0. The minimum Gasteiger partial charge on any atom is -0.395 e.